The van der Waals surface area contributed by atoms with E-state index >= 15 is 0 Å². The largest absolute Gasteiger partial charge is 0.496 e. The third kappa shape index (κ3) is 4.26. The smallest absolute Gasteiger partial charge is 0.339 e. The molecule has 0 aliphatic heterocycles. The number of halogens is 1. The van der Waals surface area contributed by atoms with Gasteiger partial charge in [-0.25, -0.2) is 4.79 Å². The predicted molar refractivity (Wildman–Crippen MR) is 100 cm³/mol. The van der Waals surface area contributed by atoms with Gasteiger partial charge in [0.25, 0.3) is 0 Å². The van der Waals surface area contributed by atoms with Gasteiger partial charge in [-0.3, -0.25) is 9.69 Å². The van der Waals surface area contributed by atoms with Crippen molar-refractivity contribution in [3.05, 3.63) is 51.3 Å². The van der Waals surface area contributed by atoms with Gasteiger partial charge < -0.3 is 14.5 Å². The molecule has 0 unspecified atom stereocenters. The number of ether oxygens (including phenoxy) is 2. The molecular weight excluding hydrogens is 356 g/mol. The maximum atomic E-state index is 12.7. The van der Waals surface area contributed by atoms with E-state index in [2.05, 4.69) is 4.98 Å². The van der Waals surface area contributed by atoms with E-state index in [0.29, 0.717) is 39.8 Å². The van der Waals surface area contributed by atoms with Crippen molar-refractivity contribution in [3.63, 3.8) is 0 Å². The number of methoxy groups -OCH3 is 2. The van der Waals surface area contributed by atoms with E-state index in [4.69, 9.17) is 21.1 Å². The number of aromatic amines is 1. The number of aromatic nitrogens is 1. The fourth-order valence-electron chi connectivity index (χ4n) is 2.98. The molecule has 0 amide bonds. The fraction of sp³-hybridized carbons (Fsp3) is 0.368. The van der Waals surface area contributed by atoms with Crippen molar-refractivity contribution in [1.82, 2.24) is 9.88 Å². The van der Waals surface area contributed by atoms with Gasteiger partial charge in [-0.05, 0) is 44.7 Å². The van der Waals surface area contributed by atoms with Gasteiger partial charge in [0, 0.05) is 22.8 Å². The van der Waals surface area contributed by atoms with Crippen LogP contribution in [-0.4, -0.2) is 49.4 Å². The summed E-state index contributed by atoms with van der Waals surface area (Å²) in [4.78, 5) is 29.4. The molecule has 0 radical (unpaired) electrons. The van der Waals surface area contributed by atoms with Crippen molar-refractivity contribution in [1.29, 1.82) is 0 Å². The molecular formula is C19H23ClN2O4. The number of esters is 1. The lowest BCUT2D eigenvalue weighted by atomic mass is 10.1. The Kier molecular flexibility index (Phi) is 6.45. The number of aryl methyl sites for hydroxylation is 1. The second kappa shape index (κ2) is 8.38. The molecule has 6 nitrogen and oxygen atoms in total. The van der Waals surface area contributed by atoms with E-state index in [9.17, 15) is 9.59 Å². The Morgan fingerprint density at radius 2 is 1.92 bits per heavy atom. The summed E-state index contributed by atoms with van der Waals surface area (Å²) in [5.41, 5.74) is 2.96. The molecule has 0 bridgehead atoms. The maximum absolute atomic E-state index is 12.7. The Morgan fingerprint density at radius 1 is 1.23 bits per heavy atom. The number of ketones is 1. The van der Waals surface area contributed by atoms with Crippen LogP contribution >= 0.6 is 11.6 Å². The molecule has 0 spiro atoms. The van der Waals surface area contributed by atoms with Gasteiger partial charge in [0.05, 0.1) is 32.0 Å². The van der Waals surface area contributed by atoms with E-state index in [1.807, 2.05) is 18.0 Å². The second-order valence-electron chi connectivity index (χ2n) is 6.17. The number of likely N-dealkylation sites (N-methyl/N-ethyl adjacent to an activating group) is 1. The zero-order valence-corrected chi connectivity index (χ0v) is 16.4. The number of carbonyl (C=O) groups excluding carboxylic acids is 2. The monoisotopic (exact) mass is 378 g/mol. The molecule has 0 aliphatic carbocycles. The third-order valence-electron chi connectivity index (χ3n) is 4.20. The highest BCUT2D eigenvalue weighted by atomic mass is 35.5. The first kappa shape index (κ1) is 20.0. The highest BCUT2D eigenvalue weighted by Gasteiger charge is 2.23. The number of hydrogen-bond acceptors (Lipinski definition) is 5. The Hall–Kier alpha value is -2.31. The van der Waals surface area contributed by atoms with Gasteiger partial charge in [-0.2, -0.15) is 0 Å². The highest BCUT2D eigenvalue weighted by molar-refractivity contribution is 6.30. The topological polar surface area (TPSA) is 71.6 Å². The van der Waals surface area contributed by atoms with Crippen LogP contribution in [0.3, 0.4) is 0 Å². The highest BCUT2D eigenvalue weighted by Crippen LogP contribution is 2.24. The molecule has 0 atom stereocenters. The molecule has 1 aromatic heterocycles. The minimum Gasteiger partial charge on any atom is -0.496 e. The Balaban J connectivity index is 2.15. The number of nitrogens with one attached hydrogen (secondary N) is 1. The van der Waals surface area contributed by atoms with Crippen LogP contribution in [0.4, 0.5) is 0 Å². The van der Waals surface area contributed by atoms with Crippen molar-refractivity contribution in [2.24, 2.45) is 0 Å². The zero-order valence-electron chi connectivity index (χ0n) is 15.6. The fourth-order valence-corrected chi connectivity index (χ4v) is 3.17. The standard InChI is InChI=1S/C19H23ClN2O4/c1-11-17(19(24)26-5)12(2)21-18(11)15(23)10-22(3)9-13-8-14(20)6-7-16(13)25-4/h6-8,21H,9-10H2,1-5H3. The summed E-state index contributed by atoms with van der Waals surface area (Å²) in [6.45, 7) is 4.16. The maximum Gasteiger partial charge on any atom is 0.339 e. The SMILES string of the molecule is COC(=O)c1c(C)[nH]c(C(=O)CN(C)Cc2cc(Cl)ccc2OC)c1C. The van der Waals surface area contributed by atoms with E-state index in [0.717, 1.165) is 5.56 Å². The van der Waals surface area contributed by atoms with E-state index < -0.39 is 5.97 Å². The van der Waals surface area contributed by atoms with E-state index in [-0.39, 0.29) is 12.3 Å². The molecule has 1 heterocycles. The van der Waals surface area contributed by atoms with E-state index in [1.54, 1.807) is 33.1 Å². The van der Waals surface area contributed by atoms with Crippen molar-refractivity contribution >= 4 is 23.4 Å². The molecule has 0 saturated heterocycles. The minimum absolute atomic E-state index is 0.107. The molecule has 140 valence electrons. The number of carbonyl (C=O) groups is 2. The lowest BCUT2D eigenvalue weighted by Gasteiger charge is -2.18. The molecule has 1 aromatic carbocycles. The lowest BCUT2D eigenvalue weighted by molar-refractivity contribution is 0.0599. The summed E-state index contributed by atoms with van der Waals surface area (Å²) in [5, 5.41) is 0.610. The first-order chi connectivity index (χ1) is 12.3. The summed E-state index contributed by atoms with van der Waals surface area (Å²) in [5.74, 6) is 0.158. The first-order valence-electron chi connectivity index (χ1n) is 8.10. The first-order valence-corrected chi connectivity index (χ1v) is 8.47. The van der Waals surface area contributed by atoms with Crippen molar-refractivity contribution in [3.8, 4) is 5.75 Å². The summed E-state index contributed by atoms with van der Waals surface area (Å²) in [6.07, 6.45) is 0. The van der Waals surface area contributed by atoms with Crippen LogP contribution in [-0.2, 0) is 11.3 Å². The van der Waals surface area contributed by atoms with Gasteiger partial charge >= 0.3 is 5.97 Å². The number of hydrogen-bond donors (Lipinski definition) is 1. The average Bonchev–Trinajstić information content (AvgIpc) is 2.89. The Bertz CT molecular complexity index is 829. The number of nitrogens with zero attached hydrogens (tertiary/aromatic N) is 1. The van der Waals surface area contributed by atoms with Gasteiger partial charge in [-0.15, -0.1) is 0 Å². The zero-order chi connectivity index (χ0) is 19.4. The molecule has 0 aliphatic rings. The van der Waals surface area contributed by atoms with Crippen LogP contribution in [0.5, 0.6) is 5.75 Å². The van der Waals surface area contributed by atoms with Crippen LogP contribution in [0.2, 0.25) is 5.02 Å². The Morgan fingerprint density at radius 3 is 2.54 bits per heavy atom. The lowest BCUT2D eigenvalue weighted by Crippen LogP contribution is -2.26. The third-order valence-corrected chi connectivity index (χ3v) is 4.44. The Labute approximate surface area is 158 Å². The second-order valence-corrected chi connectivity index (χ2v) is 6.60. The molecule has 7 heteroatoms. The molecule has 2 aromatic rings. The van der Waals surface area contributed by atoms with E-state index in [1.165, 1.54) is 7.11 Å². The van der Waals surface area contributed by atoms with Crippen LogP contribution in [0, 0.1) is 13.8 Å². The normalized spacial score (nSPS) is 10.9. The average molecular weight is 379 g/mol. The summed E-state index contributed by atoms with van der Waals surface area (Å²) in [7, 11) is 4.75. The number of benzene rings is 1. The van der Waals surface area contributed by atoms with Gasteiger partial charge in [0.1, 0.15) is 5.75 Å². The molecule has 2 rings (SSSR count). The van der Waals surface area contributed by atoms with Crippen molar-refractivity contribution < 1.29 is 19.1 Å². The number of H-pyrrole nitrogens is 1. The van der Waals surface area contributed by atoms with Crippen LogP contribution in [0.15, 0.2) is 18.2 Å². The molecule has 26 heavy (non-hydrogen) atoms. The number of rotatable bonds is 7. The molecule has 0 fully saturated rings. The molecule has 0 saturated carbocycles. The summed E-state index contributed by atoms with van der Waals surface area (Å²) < 4.78 is 10.1. The molecule has 1 N–H and O–H groups in total. The number of Topliss-reactive ketones (excluding diaryl/α,β-unsaturated/α-hetero) is 1. The summed E-state index contributed by atoms with van der Waals surface area (Å²) >= 11 is 6.05. The van der Waals surface area contributed by atoms with Crippen molar-refractivity contribution in [2.75, 3.05) is 27.8 Å². The van der Waals surface area contributed by atoms with Crippen LogP contribution < -0.4 is 4.74 Å². The van der Waals surface area contributed by atoms with Gasteiger partial charge in [-0.1, -0.05) is 11.6 Å². The van der Waals surface area contributed by atoms with Crippen LogP contribution in [0.25, 0.3) is 0 Å². The minimum atomic E-state index is -0.452. The summed E-state index contributed by atoms with van der Waals surface area (Å²) in [6, 6.07) is 5.38. The van der Waals surface area contributed by atoms with Gasteiger partial charge in [0.2, 0.25) is 0 Å². The quantitative estimate of drug-likeness (QED) is 0.590. The van der Waals surface area contributed by atoms with Crippen LogP contribution in [0.1, 0.15) is 37.7 Å². The van der Waals surface area contributed by atoms with Crippen molar-refractivity contribution in [2.45, 2.75) is 20.4 Å². The van der Waals surface area contributed by atoms with Gasteiger partial charge in [0.15, 0.2) is 5.78 Å². The predicted octanol–water partition coefficient (Wildman–Crippen LogP) is 3.39.